The summed E-state index contributed by atoms with van der Waals surface area (Å²) in [6.07, 6.45) is -0.528. The molecule has 0 bridgehead atoms. The van der Waals surface area contributed by atoms with Crippen molar-refractivity contribution >= 4 is 10.0 Å². The van der Waals surface area contributed by atoms with Gasteiger partial charge in [0.1, 0.15) is 0 Å². The number of likely N-dealkylation sites (N-methyl/N-ethyl adjacent to an activating group) is 1. The van der Waals surface area contributed by atoms with Gasteiger partial charge < -0.3 is 9.84 Å². The molecule has 126 valence electrons. The lowest BCUT2D eigenvalue weighted by molar-refractivity contribution is -0.00950. The Labute approximate surface area is 132 Å². The Balaban J connectivity index is 2.72. The fourth-order valence-electron chi connectivity index (χ4n) is 2.05. The van der Waals surface area contributed by atoms with Gasteiger partial charge in [0.25, 0.3) is 0 Å². The van der Waals surface area contributed by atoms with Gasteiger partial charge in [-0.3, -0.25) is 4.90 Å². The molecule has 0 heterocycles. The molecule has 0 fully saturated rings. The van der Waals surface area contributed by atoms with Gasteiger partial charge in [0, 0.05) is 12.6 Å². The standard InChI is InChI=1S/C15H26N2O4S/c1-11(2)21-10-14(18)9-17(4)12(3)13-6-5-7-15(8-13)22(16,19)20/h5-8,11-12,14,18H,9-10H2,1-4H3,(H2,16,19,20)/t12-,14-/m1/s1. The largest absolute Gasteiger partial charge is 0.389 e. The topological polar surface area (TPSA) is 92.9 Å². The minimum absolute atomic E-state index is 0.0598. The molecular weight excluding hydrogens is 304 g/mol. The molecule has 22 heavy (non-hydrogen) atoms. The van der Waals surface area contributed by atoms with Gasteiger partial charge in [0.15, 0.2) is 0 Å². The third-order valence-electron chi connectivity index (χ3n) is 3.45. The quantitative estimate of drug-likeness (QED) is 0.745. The number of nitrogens with zero attached hydrogens (tertiary/aromatic N) is 1. The lowest BCUT2D eigenvalue weighted by Gasteiger charge is -2.27. The Kier molecular flexibility index (Phi) is 6.96. The average molecular weight is 330 g/mol. The van der Waals surface area contributed by atoms with Crippen molar-refractivity contribution in [2.75, 3.05) is 20.2 Å². The minimum atomic E-state index is -3.71. The highest BCUT2D eigenvalue weighted by atomic mass is 32.2. The van der Waals surface area contributed by atoms with E-state index in [1.807, 2.05) is 38.8 Å². The van der Waals surface area contributed by atoms with E-state index in [2.05, 4.69) is 0 Å². The predicted molar refractivity (Wildman–Crippen MR) is 86.0 cm³/mol. The first-order chi connectivity index (χ1) is 10.1. The van der Waals surface area contributed by atoms with Gasteiger partial charge in [0.2, 0.25) is 10.0 Å². The van der Waals surface area contributed by atoms with Crippen LogP contribution in [0.1, 0.15) is 32.4 Å². The summed E-state index contributed by atoms with van der Waals surface area (Å²) in [6.45, 7) is 6.47. The van der Waals surface area contributed by atoms with Crippen LogP contribution in [0.15, 0.2) is 29.2 Å². The van der Waals surface area contributed by atoms with Crippen LogP contribution in [-0.2, 0) is 14.8 Å². The summed E-state index contributed by atoms with van der Waals surface area (Å²) in [5.74, 6) is 0. The maximum absolute atomic E-state index is 11.4. The molecule has 0 aliphatic rings. The second-order valence-electron chi connectivity index (χ2n) is 5.77. The van der Waals surface area contributed by atoms with Crippen LogP contribution < -0.4 is 5.14 Å². The minimum Gasteiger partial charge on any atom is -0.389 e. The number of aliphatic hydroxyl groups excluding tert-OH is 1. The van der Waals surface area contributed by atoms with E-state index < -0.39 is 16.1 Å². The highest BCUT2D eigenvalue weighted by Gasteiger charge is 2.17. The summed E-state index contributed by atoms with van der Waals surface area (Å²) in [5, 5.41) is 15.1. The molecule has 6 nitrogen and oxygen atoms in total. The van der Waals surface area contributed by atoms with E-state index in [1.54, 1.807) is 12.1 Å². The Bertz CT molecular complexity index is 575. The zero-order chi connectivity index (χ0) is 16.9. The molecule has 0 radical (unpaired) electrons. The molecular formula is C15H26N2O4S. The van der Waals surface area contributed by atoms with Crippen molar-refractivity contribution < 1.29 is 18.3 Å². The first kappa shape index (κ1) is 19.1. The van der Waals surface area contributed by atoms with Crippen molar-refractivity contribution in [1.29, 1.82) is 0 Å². The van der Waals surface area contributed by atoms with Crippen molar-refractivity contribution in [2.24, 2.45) is 5.14 Å². The number of nitrogens with two attached hydrogens (primary N) is 1. The Morgan fingerprint density at radius 3 is 2.50 bits per heavy atom. The van der Waals surface area contributed by atoms with Crippen LogP contribution in [0.5, 0.6) is 0 Å². The number of hydrogen-bond acceptors (Lipinski definition) is 5. The summed E-state index contributed by atoms with van der Waals surface area (Å²) in [6, 6.07) is 6.48. The van der Waals surface area contributed by atoms with Crippen LogP contribution in [0.3, 0.4) is 0 Å². The molecule has 1 aromatic rings. The second kappa shape index (κ2) is 8.03. The second-order valence-corrected chi connectivity index (χ2v) is 7.33. The number of aliphatic hydroxyl groups is 1. The highest BCUT2D eigenvalue weighted by Crippen LogP contribution is 2.21. The van der Waals surface area contributed by atoms with E-state index in [4.69, 9.17) is 9.88 Å². The Hall–Kier alpha value is -0.990. The van der Waals surface area contributed by atoms with Gasteiger partial charge in [-0.2, -0.15) is 0 Å². The predicted octanol–water partition coefficient (Wildman–Crippen LogP) is 1.11. The van der Waals surface area contributed by atoms with Crippen LogP contribution in [0, 0.1) is 0 Å². The van der Waals surface area contributed by atoms with E-state index in [-0.39, 0.29) is 23.6 Å². The molecule has 2 atom stereocenters. The third-order valence-corrected chi connectivity index (χ3v) is 4.36. The van der Waals surface area contributed by atoms with Gasteiger partial charge in [-0.15, -0.1) is 0 Å². The van der Waals surface area contributed by atoms with Gasteiger partial charge in [0.05, 0.1) is 23.7 Å². The maximum Gasteiger partial charge on any atom is 0.238 e. The van der Waals surface area contributed by atoms with Crippen LogP contribution in [-0.4, -0.2) is 50.8 Å². The van der Waals surface area contributed by atoms with Crippen LogP contribution in [0.4, 0.5) is 0 Å². The summed E-state index contributed by atoms with van der Waals surface area (Å²) in [7, 11) is -1.85. The van der Waals surface area contributed by atoms with Crippen LogP contribution >= 0.6 is 0 Å². The summed E-state index contributed by atoms with van der Waals surface area (Å²) < 4.78 is 28.2. The van der Waals surface area contributed by atoms with Crippen molar-refractivity contribution in [3.8, 4) is 0 Å². The Morgan fingerprint density at radius 1 is 1.32 bits per heavy atom. The molecule has 0 saturated heterocycles. The number of rotatable bonds is 8. The van der Waals surface area contributed by atoms with Crippen molar-refractivity contribution in [2.45, 2.75) is 43.9 Å². The van der Waals surface area contributed by atoms with Gasteiger partial charge in [-0.1, -0.05) is 12.1 Å². The Morgan fingerprint density at radius 2 is 1.95 bits per heavy atom. The summed E-state index contributed by atoms with van der Waals surface area (Å²) in [5.41, 5.74) is 0.825. The lowest BCUT2D eigenvalue weighted by Crippen LogP contribution is -2.34. The first-order valence-corrected chi connectivity index (χ1v) is 8.78. The molecule has 0 aliphatic heterocycles. The van der Waals surface area contributed by atoms with Crippen LogP contribution in [0.25, 0.3) is 0 Å². The summed E-state index contributed by atoms with van der Waals surface area (Å²) in [4.78, 5) is 2.03. The number of ether oxygens (including phenoxy) is 1. The van der Waals surface area contributed by atoms with Crippen molar-refractivity contribution in [1.82, 2.24) is 4.90 Å². The maximum atomic E-state index is 11.4. The number of benzene rings is 1. The molecule has 0 aromatic heterocycles. The molecule has 0 saturated carbocycles. The first-order valence-electron chi connectivity index (χ1n) is 7.24. The third kappa shape index (κ3) is 6.02. The van der Waals surface area contributed by atoms with E-state index in [0.717, 1.165) is 5.56 Å². The molecule has 0 spiro atoms. The molecule has 0 unspecified atom stereocenters. The van der Waals surface area contributed by atoms with Crippen molar-refractivity contribution in [3.05, 3.63) is 29.8 Å². The SMILES string of the molecule is CC(C)OC[C@H](O)CN(C)[C@H](C)c1cccc(S(N)(=O)=O)c1. The zero-order valence-electron chi connectivity index (χ0n) is 13.6. The van der Waals surface area contributed by atoms with Gasteiger partial charge in [-0.25, -0.2) is 13.6 Å². The smallest absolute Gasteiger partial charge is 0.238 e. The fourth-order valence-corrected chi connectivity index (χ4v) is 2.62. The normalized spacial score (nSPS) is 15.3. The monoisotopic (exact) mass is 330 g/mol. The molecule has 0 amide bonds. The van der Waals surface area contributed by atoms with E-state index in [1.165, 1.54) is 6.07 Å². The van der Waals surface area contributed by atoms with Gasteiger partial charge >= 0.3 is 0 Å². The molecule has 1 rings (SSSR count). The number of hydrogen-bond donors (Lipinski definition) is 2. The van der Waals surface area contributed by atoms with Gasteiger partial charge in [-0.05, 0) is 45.5 Å². The fraction of sp³-hybridized carbons (Fsp3) is 0.600. The number of sulfonamides is 1. The van der Waals surface area contributed by atoms with E-state index in [9.17, 15) is 13.5 Å². The zero-order valence-corrected chi connectivity index (χ0v) is 14.4. The molecule has 0 aliphatic carbocycles. The highest BCUT2D eigenvalue weighted by molar-refractivity contribution is 7.89. The average Bonchev–Trinajstić information content (AvgIpc) is 2.43. The van der Waals surface area contributed by atoms with E-state index in [0.29, 0.717) is 6.54 Å². The van der Waals surface area contributed by atoms with E-state index >= 15 is 0 Å². The van der Waals surface area contributed by atoms with Crippen molar-refractivity contribution in [3.63, 3.8) is 0 Å². The molecule has 7 heteroatoms. The molecule has 3 N–H and O–H groups in total. The number of primary sulfonamides is 1. The molecule has 1 aromatic carbocycles. The summed E-state index contributed by atoms with van der Waals surface area (Å²) >= 11 is 0. The van der Waals surface area contributed by atoms with Crippen LogP contribution in [0.2, 0.25) is 0 Å². The lowest BCUT2D eigenvalue weighted by atomic mass is 10.1.